The topological polar surface area (TPSA) is 67.0 Å². The van der Waals surface area contributed by atoms with Crippen molar-refractivity contribution >= 4 is 11.8 Å². The number of nitrogens with zero attached hydrogens (tertiary/aromatic N) is 1. The first-order valence-electron chi connectivity index (χ1n) is 7.46. The van der Waals surface area contributed by atoms with Crippen molar-refractivity contribution < 1.29 is 18.9 Å². The monoisotopic (exact) mass is 294 g/mol. The number of quaternary nitrogens is 1. The Kier molecular flexibility index (Phi) is 5.01. The van der Waals surface area contributed by atoms with Crippen molar-refractivity contribution in [2.24, 2.45) is 0 Å². The number of piperazine rings is 1. The summed E-state index contributed by atoms with van der Waals surface area (Å²) in [5, 5.41) is 2.94. The first-order valence-corrected chi connectivity index (χ1v) is 7.46. The van der Waals surface area contributed by atoms with Gasteiger partial charge in [-0.15, -0.1) is 0 Å². The zero-order valence-electron chi connectivity index (χ0n) is 12.9. The summed E-state index contributed by atoms with van der Waals surface area (Å²) in [6, 6.07) is 3.46. The van der Waals surface area contributed by atoms with Crippen molar-refractivity contribution in [3.05, 3.63) is 24.2 Å². The molecule has 1 aliphatic heterocycles. The van der Waals surface area contributed by atoms with Gasteiger partial charge in [0.2, 0.25) is 0 Å². The molecule has 0 unspecified atom stereocenters. The van der Waals surface area contributed by atoms with E-state index in [2.05, 4.69) is 5.32 Å². The predicted octanol–water partition coefficient (Wildman–Crippen LogP) is -0.467. The third-order valence-corrected chi connectivity index (χ3v) is 3.86. The second-order valence-electron chi connectivity index (χ2n) is 5.81. The molecule has 2 amide bonds. The fourth-order valence-electron chi connectivity index (χ4n) is 2.58. The van der Waals surface area contributed by atoms with Gasteiger partial charge in [-0.1, -0.05) is 0 Å². The molecule has 2 rings (SSSR count). The molecule has 21 heavy (non-hydrogen) atoms. The molecular formula is C15H24N3O3+. The van der Waals surface area contributed by atoms with Crippen molar-refractivity contribution in [3.63, 3.8) is 0 Å². The molecule has 6 heteroatoms. The van der Waals surface area contributed by atoms with Gasteiger partial charge in [0.05, 0.1) is 32.4 Å². The highest BCUT2D eigenvalue weighted by atomic mass is 16.3. The third-order valence-electron chi connectivity index (χ3n) is 3.86. The van der Waals surface area contributed by atoms with Gasteiger partial charge in [-0.3, -0.25) is 9.59 Å². The Balaban J connectivity index is 1.85. The number of rotatable bonds is 4. The smallest absolute Gasteiger partial charge is 0.289 e. The molecule has 116 valence electrons. The molecule has 6 nitrogen and oxygen atoms in total. The van der Waals surface area contributed by atoms with Crippen LogP contribution in [0.5, 0.6) is 0 Å². The highest BCUT2D eigenvalue weighted by Gasteiger charge is 2.31. The van der Waals surface area contributed by atoms with Crippen LogP contribution >= 0.6 is 0 Å². The number of carbonyl (C=O) groups excluding carboxylic acids is 2. The van der Waals surface area contributed by atoms with Crippen molar-refractivity contribution in [1.82, 2.24) is 10.2 Å². The molecule has 1 aliphatic rings. The van der Waals surface area contributed by atoms with Crippen molar-refractivity contribution in [3.8, 4) is 0 Å². The Morgan fingerprint density at radius 3 is 2.48 bits per heavy atom. The molecule has 0 saturated carbocycles. The van der Waals surface area contributed by atoms with Gasteiger partial charge in [0.1, 0.15) is 0 Å². The lowest BCUT2D eigenvalue weighted by Crippen LogP contribution is -3.19. The van der Waals surface area contributed by atoms with Gasteiger partial charge >= 0.3 is 0 Å². The van der Waals surface area contributed by atoms with Gasteiger partial charge in [0.25, 0.3) is 11.8 Å². The minimum atomic E-state index is -0.0896. The lowest BCUT2D eigenvalue weighted by atomic mass is 10.2. The Labute approximate surface area is 125 Å². The fourth-order valence-corrected chi connectivity index (χ4v) is 2.58. The van der Waals surface area contributed by atoms with Crippen LogP contribution in [0.2, 0.25) is 0 Å². The van der Waals surface area contributed by atoms with E-state index in [-0.39, 0.29) is 23.9 Å². The number of nitrogens with one attached hydrogen (secondary N) is 2. The van der Waals surface area contributed by atoms with Gasteiger partial charge in [-0.2, -0.15) is 0 Å². The number of furan rings is 1. The van der Waals surface area contributed by atoms with Crippen LogP contribution in [0.3, 0.4) is 0 Å². The largest absolute Gasteiger partial charge is 0.459 e. The Morgan fingerprint density at radius 2 is 1.95 bits per heavy atom. The van der Waals surface area contributed by atoms with Gasteiger partial charge in [0, 0.05) is 6.04 Å². The fraction of sp³-hybridized carbons (Fsp3) is 0.600. The third kappa shape index (κ3) is 3.85. The Bertz CT molecular complexity index is 476. The Morgan fingerprint density at radius 1 is 1.29 bits per heavy atom. The molecule has 1 atom stereocenters. The van der Waals surface area contributed by atoms with Crippen LogP contribution in [0.1, 0.15) is 31.3 Å². The molecule has 0 spiro atoms. The highest BCUT2D eigenvalue weighted by molar-refractivity contribution is 5.91. The maximum Gasteiger partial charge on any atom is 0.289 e. The zero-order valence-corrected chi connectivity index (χ0v) is 12.9. The first-order chi connectivity index (χ1) is 9.99. The molecule has 2 N–H and O–H groups in total. The quantitative estimate of drug-likeness (QED) is 0.789. The molecule has 1 aromatic rings. The molecule has 1 fully saturated rings. The molecule has 0 radical (unpaired) electrons. The lowest BCUT2D eigenvalue weighted by molar-refractivity contribution is -0.917. The van der Waals surface area contributed by atoms with Crippen LogP contribution in [0, 0.1) is 0 Å². The Hall–Kier alpha value is -1.82. The van der Waals surface area contributed by atoms with E-state index in [9.17, 15) is 9.59 Å². The molecule has 1 saturated heterocycles. The average molecular weight is 294 g/mol. The van der Waals surface area contributed by atoms with Crippen LogP contribution in [-0.2, 0) is 4.79 Å². The van der Waals surface area contributed by atoms with Crippen LogP contribution in [0.25, 0.3) is 0 Å². The number of hydrogen-bond donors (Lipinski definition) is 2. The van der Waals surface area contributed by atoms with E-state index in [0.29, 0.717) is 18.8 Å². The number of carbonyl (C=O) groups is 2. The first kappa shape index (κ1) is 15.6. The summed E-state index contributed by atoms with van der Waals surface area (Å²) >= 11 is 0. The van der Waals surface area contributed by atoms with Crippen molar-refractivity contribution in [1.29, 1.82) is 0 Å². The van der Waals surface area contributed by atoms with Crippen LogP contribution in [0.15, 0.2) is 22.8 Å². The average Bonchev–Trinajstić information content (AvgIpc) is 2.99. The summed E-state index contributed by atoms with van der Waals surface area (Å²) < 4.78 is 5.14. The lowest BCUT2D eigenvalue weighted by Gasteiger charge is -2.34. The van der Waals surface area contributed by atoms with Gasteiger partial charge in [0.15, 0.2) is 11.8 Å². The molecule has 0 aromatic carbocycles. The molecule has 0 bridgehead atoms. The summed E-state index contributed by atoms with van der Waals surface area (Å²) in [5.74, 6) is 0.383. The summed E-state index contributed by atoms with van der Waals surface area (Å²) in [4.78, 5) is 27.2. The molecule has 0 aliphatic carbocycles. The molecule has 2 heterocycles. The van der Waals surface area contributed by atoms with Crippen molar-refractivity contribution in [2.45, 2.75) is 32.9 Å². The van der Waals surface area contributed by atoms with E-state index in [0.717, 1.165) is 13.1 Å². The SMILES string of the molecule is CC(C)NC(=O)[C@@H](C)[NH+]1CCN(C(=O)c2ccco2)CC1. The summed E-state index contributed by atoms with van der Waals surface area (Å²) in [5.41, 5.74) is 0. The van der Waals surface area contributed by atoms with E-state index in [1.165, 1.54) is 11.2 Å². The summed E-state index contributed by atoms with van der Waals surface area (Å²) in [6.07, 6.45) is 1.51. The second kappa shape index (κ2) is 6.76. The summed E-state index contributed by atoms with van der Waals surface area (Å²) in [7, 11) is 0. The van der Waals surface area contributed by atoms with Crippen LogP contribution in [-0.4, -0.2) is 55.0 Å². The maximum absolute atomic E-state index is 12.2. The van der Waals surface area contributed by atoms with Gasteiger partial charge in [-0.25, -0.2) is 0 Å². The van der Waals surface area contributed by atoms with E-state index in [4.69, 9.17) is 4.42 Å². The predicted molar refractivity (Wildman–Crippen MR) is 78.0 cm³/mol. The van der Waals surface area contributed by atoms with E-state index >= 15 is 0 Å². The van der Waals surface area contributed by atoms with Gasteiger partial charge in [-0.05, 0) is 32.9 Å². The normalized spacial score (nSPS) is 17.8. The highest BCUT2D eigenvalue weighted by Crippen LogP contribution is 2.05. The number of amides is 2. The minimum absolute atomic E-state index is 0.0710. The molecule has 1 aromatic heterocycles. The van der Waals surface area contributed by atoms with E-state index in [1.807, 2.05) is 20.8 Å². The van der Waals surface area contributed by atoms with Gasteiger partial charge < -0.3 is 19.5 Å². The van der Waals surface area contributed by atoms with Crippen LogP contribution < -0.4 is 10.2 Å². The van der Waals surface area contributed by atoms with E-state index < -0.39 is 0 Å². The summed E-state index contributed by atoms with van der Waals surface area (Å²) in [6.45, 7) is 8.71. The standard InChI is InChI=1S/C15H23N3O3/c1-11(2)16-14(19)12(3)17-6-8-18(9-7-17)15(20)13-5-4-10-21-13/h4-5,10-12H,6-9H2,1-3H3,(H,16,19)/p+1/t12-/m1/s1. The second-order valence-corrected chi connectivity index (χ2v) is 5.81. The van der Waals surface area contributed by atoms with Crippen molar-refractivity contribution in [2.75, 3.05) is 26.2 Å². The van der Waals surface area contributed by atoms with E-state index in [1.54, 1.807) is 17.0 Å². The maximum atomic E-state index is 12.2. The minimum Gasteiger partial charge on any atom is -0.459 e. The molecular weight excluding hydrogens is 270 g/mol. The number of hydrogen-bond acceptors (Lipinski definition) is 3. The zero-order chi connectivity index (χ0) is 15.4. The van der Waals surface area contributed by atoms with Crippen LogP contribution in [0.4, 0.5) is 0 Å².